The van der Waals surface area contributed by atoms with Crippen LogP contribution in [0.1, 0.15) is 43.7 Å². The van der Waals surface area contributed by atoms with Crippen LogP contribution in [0, 0.1) is 5.92 Å². The van der Waals surface area contributed by atoms with Gasteiger partial charge in [0.15, 0.2) is 0 Å². The number of carbonyl (C=O) groups is 2. The van der Waals surface area contributed by atoms with E-state index in [9.17, 15) is 9.59 Å². The van der Waals surface area contributed by atoms with Gasteiger partial charge in [0.05, 0.1) is 0 Å². The number of amides is 2. The summed E-state index contributed by atoms with van der Waals surface area (Å²) in [5, 5.41) is 3.11. The quantitative estimate of drug-likeness (QED) is 0.852. The number of rotatable bonds is 5. The van der Waals surface area contributed by atoms with E-state index in [1.807, 2.05) is 35.2 Å². The average Bonchev–Trinajstić information content (AvgIpc) is 3.41. The van der Waals surface area contributed by atoms with Gasteiger partial charge in [-0.15, -0.1) is 12.4 Å². The second-order valence-electron chi connectivity index (χ2n) is 6.66. The largest absolute Gasteiger partial charge is 0.353 e. The summed E-state index contributed by atoms with van der Waals surface area (Å²) in [6.45, 7) is 1.41. The Kier molecular flexibility index (Phi) is 6.63. The van der Waals surface area contributed by atoms with E-state index in [-0.39, 0.29) is 42.2 Å². The molecule has 1 aromatic rings. The Labute approximate surface area is 149 Å². The molecule has 1 unspecified atom stereocenters. The Hall–Kier alpha value is -1.59. The summed E-state index contributed by atoms with van der Waals surface area (Å²) < 4.78 is 0. The van der Waals surface area contributed by atoms with Crippen molar-refractivity contribution in [2.24, 2.45) is 11.7 Å². The van der Waals surface area contributed by atoms with Gasteiger partial charge < -0.3 is 16.0 Å². The van der Waals surface area contributed by atoms with Gasteiger partial charge >= 0.3 is 0 Å². The van der Waals surface area contributed by atoms with Crippen molar-refractivity contribution in [3.8, 4) is 0 Å². The third-order valence-corrected chi connectivity index (χ3v) is 4.76. The van der Waals surface area contributed by atoms with Crippen LogP contribution in [0.4, 0.5) is 0 Å². The molecule has 2 aliphatic rings. The lowest BCUT2D eigenvalue weighted by Gasteiger charge is -2.33. The zero-order valence-electron chi connectivity index (χ0n) is 13.8. The Morgan fingerprint density at radius 1 is 1.12 bits per heavy atom. The van der Waals surface area contributed by atoms with Crippen molar-refractivity contribution in [2.75, 3.05) is 13.1 Å². The Morgan fingerprint density at radius 3 is 2.33 bits per heavy atom. The van der Waals surface area contributed by atoms with E-state index in [1.165, 1.54) is 0 Å². The number of piperidine rings is 1. The number of nitrogens with two attached hydrogens (primary N) is 1. The van der Waals surface area contributed by atoms with Crippen molar-refractivity contribution in [2.45, 2.75) is 44.2 Å². The van der Waals surface area contributed by atoms with Gasteiger partial charge in [0.2, 0.25) is 11.8 Å². The summed E-state index contributed by atoms with van der Waals surface area (Å²) in [5.74, 6) is 0.549. The number of likely N-dealkylation sites (tertiary alicyclic amines) is 1. The molecule has 2 amide bonds. The summed E-state index contributed by atoms with van der Waals surface area (Å²) in [4.78, 5) is 26.0. The summed E-state index contributed by atoms with van der Waals surface area (Å²) in [6, 6.07) is 9.70. The number of hydrogen-bond donors (Lipinski definition) is 2. The summed E-state index contributed by atoms with van der Waals surface area (Å²) in [5.41, 5.74) is 7.12. The molecule has 1 atom stereocenters. The molecule has 1 saturated heterocycles. The van der Waals surface area contributed by atoms with Crippen LogP contribution in [0.2, 0.25) is 0 Å². The Bertz CT molecular complexity index is 555. The molecular weight excluding hydrogens is 326 g/mol. The van der Waals surface area contributed by atoms with Gasteiger partial charge in [-0.1, -0.05) is 30.3 Å². The minimum absolute atomic E-state index is 0. The maximum absolute atomic E-state index is 12.4. The first-order valence-electron chi connectivity index (χ1n) is 8.52. The maximum atomic E-state index is 12.4. The second kappa shape index (κ2) is 8.49. The third kappa shape index (κ3) is 4.95. The molecule has 0 bridgehead atoms. The first-order chi connectivity index (χ1) is 11.1. The zero-order valence-corrected chi connectivity index (χ0v) is 14.6. The molecule has 1 aliphatic carbocycles. The Balaban J connectivity index is 0.00000208. The summed E-state index contributed by atoms with van der Waals surface area (Å²) in [6.07, 6.45) is 4.07. The van der Waals surface area contributed by atoms with Gasteiger partial charge in [-0.05, 0) is 31.2 Å². The molecule has 0 spiro atoms. The van der Waals surface area contributed by atoms with Crippen molar-refractivity contribution >= 4 is 24.2 Å². The topological polar surface area (TPSA) is 75.4 Å². The lowest BCUT2D eigenvalue weighted by molar-refractivity contribution is -0.132. The third-order valence-electron chi connectivity index (χ3n) is 4.76. The SMILES string of the molecule is Cl.NC(CC(=O)N1CCC(NC(=O)C2CC2)CC1)c1ccccc1. The van der Waals surface area contributed by atoms with Crippen molar-refractivity contribution in [3.05, 3.63) is 35.9 Å². The first-order valence-corrected chi connectivity index (χ1v) is 8.52. The maximum Gasteiger partial charge on any atom is 0.224 e. The fourth-order valence-corrected chi connectivity index (χ4v) is 3.07. The van der Waals surface area contributed by atoms with Crippen LogP contribution in [0.15, 0.2) is 30.3 Å². The predicted molar refractivity (Wildman–Crippen MR) is 95.7 cm³/mol. The van der Waals surface area contributed by atoms with Crippen molar-refractivity contribution in [1.82, 2.24) is 10.2 Å². The van der Waals surface area contributed by atoms with Crippen LogP contribution in [-0.4, -0.2) is 35.8 Å². The molecule has 1 aliphatic heterocycles. The minimum atomic E-state index is -0.254. The smallest absolute Gasteiger partial charge is 0.224 e. The van der Waals surface area contributed by atoms with Crippen molar-refractivity contribution in [1.29, 1.82) is 0 Å². The standard InChI is InChI=1S/C18H25N3O2.ClH/c19-16(13-4-2-1-3-5-13)12-17(22)21-10-8-15(9-11-21)20-18(23)14-6-7-14;/h1-5,14-16H,6-12,19H2,(H,20,23);1H. The molecule has 132 valence electrons. The summed E-state index contributed by atoms with van der Waals surface area (Å²) in [7, 11) is 0. The predicted octanol–water partition coefficient (Wildman–Crippen LogP) is 2.02. The van der Waals surface area contributed by atoms with Crippen LogP contribution < -0.4 is 11.1 Å². The highest BCUT2D eigenvalue weighted by Gasteiger charge is 2.32. The molecular formula is C18H26ClN3O2. The van der Waals surface area contributed by atoms with E-state index < -0.39 is 0 Å². The highest BCUT2D eigenvalue weighted by atomic mass is 35.5. The lowest BCUT2D eigenvalue weighted by atomic mass is 10.0. The van der Waals surface area contributed by atoms with E-state index in [4.69, 9.17) is 5.73 Å². The average molecular weight is 352 g/mol. The molecule has 1 saturated carbocycles. The molecule has 5 nitrogen and oxygen atoms in total. The van der Waals surface area contributed by atoms with Crippen molar-refractivity contribution in [3.63, 3.8) is 0 Å². The normalized spacial score (nSPS) is 19.3. The molecule has 24 heavy (non-hydrogen) atoms. The molecule has 0 radical (unpaired) electrons. The van der Waals surface area contributed by atoms with Gasteiger partial charge in [-0.25, -0.2) is 0 Å². The van der Waals surface area contributed by atoms with Crippen LogP contribution in [0.5, 0.6) is 0 Å². The van der Waals surface area contributed by atoms with Gasteiger partial charge in [0, 0.05) is 37.5 Å². The van der Waals surface area contributed by atoms with E-state index in [0.717, 1.165) is 31.2 Å². The molecule has 3 N–H and O–H groups in total. The van der Waals surface area contributed by atoms with Gasteiger partial charge in [0.1, 0.15) is 0 Å². The molecule has 2 fully saturated rings. The van der Waals surface area contributed by atoms with Gasteiger partial charge in [-0.3, -0.25) is 9.59 Å². The molecule has 1 aromatic carbocycles. The fraction of sp³-hybridized carbons (Fsp3) is 0.556. The van der Waals surface area contributed by atoms with E-state index in [0.29, 0.717) is 19.5 Å². The zero-order chi connectivity index (χ0) is 16.2. The van der Waals surface area contributed by atoms with E-state index in [2.05, 4.69) is 5.32 Å². The van der Waals surface area contributed by atoms with E-state index in [1.54, 1.807) is 0 Å². The number of hydrogen-bond acceptors (Lipinski definition) is 3. The number of carbonyl (C=O) groups excluding carboxylic acids is 2. The minimum Gasteiger partial charge on any atom is -0.353 e. The number of benzene rings is 1. The van der Waals surface area contributed by atoms with Gasteiger partial charge in [-0.2, -0.15) is 0 Å². The van der Waals surface area contributed by atoms with Crippen LogP contribution in [0.25, 0.3) is 0 Å². The van der Waals surface area contributed by atoms with Gasteiger partial charge in [0.25, 0.3) is 0 Å². The Morgan fingerprint density at radius 2 is 1.75 bits per heavy atom. The monoisotopic (exact) mass is 351 g/mol. The fourth-order valence-electron chi connectivity index (χ4n) is 3.07. The molecule has 3 rings (SSSR count). The highest BCUT2D eigenvalue weighted by Crippen LogP contribution is 2.29. The van der Waals surface area contributed by atoms with Crippen molar-refractivity contribution < 1.29 is 9.59 Å². The van der Waals surface area contributed by atoms with Crippen LogP contribution in [-0.2, 0) is 9.59 Å². The van der Waals surface area contributed by atoms with E-state index >= 15 is 0 Å². The molecule has 1 heterocycles. The molecule has 0 aromatic heterocycles. The lowest BCUT2D eigenvalue weighted by Crippen LogP contribution is -2.47. The molecule has 6 heteroatoms. The highest BCUT2D eigenvalue weighted by molar-refractivity contribution is 5.85. The number of nitrogens with one attached hydrogen (secondary N) is 1. The first kappa shape index (κ1) is 18.7. The van der Waals surface area contributed by atoms with Crippen LogP contribution in [0.3, 0.4) is 0 Å². The number of nitrogens with zero attached hydrogens (tertiary/aromatic N) is 1. The summed E-state index contributed by atoms with van der Waals surface area (Å²) >= 11 is 0. The number of halogens is 1. The second-order valence-corrected chi connectivity index (χ2v) is 6.66. The van der Waals surface area contributed by atoms with Crippen LogP contribution >= 0.6 is 12.4 Å².